The third-order valence-corrected chi connectivity index (χ3v) is 6.91. The summed E-state index contributed by atoms with van der Waals surface area (Å²) < 4.78 is 20.3. The van der Waals surface area contributed by atoms with Crippen molar-refractivity contribution in [1.82, 2.24) is 14.5 Å². The zero-order chi connectivity index (χ0) is 23.1. The van der Waals surface area contributed by atoms with Crippen molar-refractivity contribution in [3.05, 3.63) is 41.7 Å². The zero-order valence-electron chi connectivity index (χ0n) is 18.6. The SMILES string of the molecule is CC1COCCN1c1cc(F)ccc1CN1CC2CN(C(=O)On3c(O)ccc3O)CC2C1. The molecule has 3 fully saturated rings. The summed E-state index contributed by atoms with van der Waals surface area (Å²) in [4.78, 5) is 23.8. The Morgan fingerprint density at radius 2 is 1.82 bits per heavy atom. The highest BCUT2D eigenvalue weighted by Crippen LogP contribution is 2.34. The molecule has 3 aliphatic heterocycles. The van der Waals surface area contributed by atoms with Gasteiger partial charge in [-0.3, -0.25) is 4.90 Å². The minimum Gasteiger partial charge on any atom is -0.492 e. The van der Waals surface area contributed by atoms with E-state index in [1.54, 1.807) is 11.0 Å². The molecule has 1 aromatic carbocycles. The van der Waals surface area contributed by atoms with Crippen LogP contribution in [0.2, 0.25) is 0 Å². The van der Waals surface area contributed by atoms with E-state index in [9.17, 15) is 19.4 Å². The molecule has 0 spiro atoms. The number of nitrogens with zero attached hydrogens (tertiary/aromatic N) is 4. The van der Waals surface area contributed by atoms with Crippen LogP contribution in [0.15, 0.2) is 30.3 Å². The summed E-state index contributed by atoms with van der Waals surface area (Å²) in [7, 11) is 0. The van der Waals surface area contributed by atoms with E-state index in [0.717, 1.165) is 37.4 Å². The second-order valence-electron chi connectivity index (χ2n) is 9.21. The van der Waals surface area contributed by atoms with Crippen LogP contribution in [0.1, 0.15) is 12.5 Å². The number of aromatic hydroxyl groups is 2. The van der Waals surface area contributed by atoms with E-state index in [-0.39, 0.29) is 23.6 Å². The van der Waals surface area contributed by atoms with Crippen LogP contribution in [0, 0.1) is 17.7 Å². The average molecular weight is 461 g/mol. The number of halogens is 1. The smallest absolute Gasteiger partial charge is 0.434 e. The number of carbonyl (C=O) groups excluding carboxylic acids is 1. The normalized spacial score (nSPS) is 25.5. The van der Waals surface area contributed by atoms with Crippen molar-refractivity contribution in [2.75, 3.05) is 50.8 Å². The molecule has 3 saturated heterocycles. The van der Waals surface area contributed by atoms with Crippen LogP contribution in [0.5, 0.6) is 11.8 Å². The predicted octanol–water partition coefficient (Wildman–Crippen LogP) is 1.88. The second kappa shape index (κ2) is 8.75. The van der Waals surface area contributed by atoms with Crippen LogP contribution in [0.3, 0.4) is 0 Å². The zero-order valence-corrected chi connectivity index (χ0v) is 18.6. The van der Waals surface area contributed by atoms with Gasteiger partial charge in [0.05, 0.1) is 13.2 Å². The molecule has 0 bridgehead atoms. The van der Waals surface area contributed by atoms with Crippen molar-refractivity contribution in [2.24, 2.45) is 11.8 Å². The third kappa shape index (κ3) is 4.32. The number of rotatable bonds is 4. The first-order valence-corrected chi connectivity index (χ1v) is 11.3. The van der Waals surface area contributed by atoms with Crippen molar-refractivity contribution in [3.63, 3.8) is 0 Å². The van der Waals surface area contributed by atoms with E-state index in [2.05, 4.69) is 16.7 Å². The van der Waals surface area contributed by atoms with Gasteiger partial charge in [0.25, 0.3) is 0 Å². The molecule has 0 radical (unpaired) electrons. The fourth-order valence-corrected chi connectivity index (χ4v) is 5.26. The number of benzene rings is 1. The maximum absolute atomic E-state index is 14.1. The lowest BCUT2D eigenvalue weighted by Crippen LogP contribution is -2.44. The number of anilines is 1. The number of hydrogen-bond donors (Lipinski definition) is 2. The molecule has 1 aromatic heterocycles. The van der Waals surface area contributed by atoms with Gasteiger partial charge >= 0.3 is 6.09 Å². The fraction of sp³-hybridized carbons (Fsp3) is 0.522. The van der Waals surface area contributed by atoms with Crippen molar-refractivity contribution < 1.29 is 29.0 Å². The van der Waals surface area contributed by atoms with Crippen LogP contribution in [0.25, 0.3) is 0 Å². The van der Waals surface area contributed by atoms with Crippen molar-refractivity contribution >= 4 is 11.8 Å². The Labute approximate surface area is 191 Å². The Bertz CT molecular complexity index is 997. The number of carbonyl (C=O) groups is 1. The minimum atomic E-state index is -0.597. The predicted molar refractivity (Wildman–Crippen MR) is 118 cm³/mol. The monoisotopic (exact) mass is 460 g/mol. The van der Waals surface area contributed by atoms with Gasteiger partial charge in [0.2, 0.25) is 11.8 Å². The number of hydrogen-bond acceptors (Lipinski definition) is 7. The summed E-state index contributed by atoms with van der Waals surface area (Å²) >= 11 is 0. The lowest BCUT2D eigenvalue weighted by Gasteiger charge is -2.37. The standard InChI is InChI=1S/C23H29FN4O5/c1-15-14-32-7-6-27(15)20-8-19(24)3-2-16(20)9-25-10-17-12-26(13-18(17)11-25)23(31)33-28-21(29)4-5-22(28)30/h2-5,8,15,17-18,29-30H,6-7,9-14H2,1H3. The van der Waals surface area contributed by atoms with Gasteiger partial charge in [-0.1, -0.05) is 6.07 Å². The topological polar surface area (TPSA) is 90.6 Å². The molecule has 5 rings (SSSR count). The van der Waals surface area contributed by atoms with Crippen LogP contribution in [-0.4, -0.2) is 82.8 Å². The quantitative estimate of drug-likeness (QED) is 0.720. The third-order valence-electron chi connectivity index (χ3n) is 6.91. The number of morpholine rings is 1. The van der Waals surface area contributed by atoms with E-state index in [4.69, 9.17) is 9.57 Å². The maximum atomic E-state index is 14.1. The van der Waals surface area contributed by atoms with Gasteiger partial charge in [-0.2, -0.15) is 0 Å². The molecule has 33 heavy (non-hydrogen) atoms. The Morgan fingerprint density at radius 1 is 1.12 bits per heavy atom. The molecule has 4 heterocycles. The number of amides is 1. The summed E-state index contributed by atoms with van der Waals surface area (Å²) in [5, 5.41) is 19.4. The number of likely N-dealkylation sites (tertiary alicyclic amines) is 2. The Balaban J connectivity index is 1.21. The molecule has 0 saturated carbocycles. The highest BCUT2D eigenvalue weighted by atomic mass is 19.1. The van der Waals surface area contributed by atoms with Gasteiger partial charge in [-0.25, -0.2) is 9.18 Å². The first-order valence-electron chi connectivity index (χ1n) is 11.3. The van der Waals surface area contributed by atoms with Gasteiger partial charge in [-0.15, -0.1) is 4.73 Å². The Morgan fingerprint density at radius 3 is 2.48 bits per heavy atom. The van der Waals surface area contributed by atoms with Crippen LogP contribution >= 0.6 is 0 Å². The molecule has 10 heteroatoms. The molecule has 2 aromatic rings. The summed E-state index contributed by atoms with van der Waals surface area (Å²) in [5.74, 6) is -0.280. The molecule has 2 N–H and O–H groups in total. The van der Waals surface area contributed by atoms with E-state index in [0.29, 0.717) is 42.9 Å². The van der Waals surface area contributed by atoms with Crippen LogP contribution in [0.4, 0.5) is 14.9 Å². The Kier molecular flexibility index (Phi) is 5.79. The largest absolute Gasteiger partial charge is 0.492 e. The molecule has 0 aliphatic carbocycles. The molecular weight excluding hydrogens is 431 g/mol. The highest BCUT2D eigenvalue weighted by Gasteiger charge is 2.42. The number of fused-ring (bicyclic) bond motifs is 1. The maximum Gasteiger partial charge on any atom is 0.434 e. The average Bonchev–Trinajstić information content (AvgIpc) is 3.44. The number of ether oxygens (including phenoxy) is 1. The number of aromatic nitrogens is 1. The molecule has 3 atom stereocenters. The summed E-state index contributed by atoms with van der Waals surface area (Å²) in [6.07, 6.45) is -0.597. The van der Waals surface area contributed by atoms with E-state index in [1.165, 1.54) is 18.2 Å². The van der Waals surface area contributed by atoms with Crippen molar-refractivity contribution in [1.29, 1.82) is 0 Å². The van der Waals surface area contributed by atoms with Crippen molar-refractivity contribution in [3.8, 4) is 11.8 Å². The highest BCUT2D eigenvalue weighted by molar-refractivity contribution is 5.68. The summed E-state index contributed by atoms with van der Waals surface area (Å²) in [6, 6.07) is 7.71. The van der Waals surface area contributed by atoms with Crippen molar-refractivity contribution in [2.45, 2.75) is 19.5 Å². The van der Waals surface area contributed by atoms with E-state index >= 15 is 0 Å². The lowest BCUT2D eigenvalue weighted by atomic mass is 10.0. The molecule has 3 aliphatic rings. The van der Waals surface area contributed by atoms with Crippen LogP contribution < -0.4 is 9.74 Å². The first-order chi connectivity index (χ1) is 15.9. The second-order valence-corrected chi connectivity index (χ2v) is 9.21. The molecule has 3 unspecified atom stereocenters. The molecule has 1 amide bonds. The van der Waals surface area contributed by atoms with Gasteiger partial charge in [0.1, 0.15) is 5.82 Å². The summed E-state index contributed by atoms with van der Waals surface area (Å²) in [6.45, 7) is 7.61. The lowest BCUT2D eigenvalue weighted by molar-refractivity contribution is 0.0774. The molecule has 178 valence electrons. The van der Waals surface area contributed by atoms with Gasteiger partial charge in [0, 0.05) is 63.1 Å². The Hall–Kier alpha value is -2.98. The van der Waals surface area contributed by atoms with Crippen LogP contribution in [-0.2, 0) is 11.3 Å². The molecule has 9 nitrogen and oxygen atoms in total. The van der Waals surface area contributed by atoms with Gasteiger partial charge < -0.3 is 29.6 Å². The van der Waals surface area contributed by atoms with E-state index in [1.807, 2.05) is 6.07 Å². The van der Waals surface area contributed by atoms with E-state index < -0.39 is 6.09 Å². The molecular formula is C23H29FN4O5. The minimum absolute atomic E-state index is 0.191. The first kappa shape index (κ1) is 21.8. The van der Waals surface area contributed by atoms with Gasteiger partial charge in [-0.05, 0) is 36.5 Å². The fourth-order valence-electron chi connectivity index (χ4n) is 5.26. The summed E-state index contributed by atoms with van der Waals surface area (Å²) in [5.41, 5.74) is 2.03. The van der Waals surface area contributed by atoms with Gasteiger partial charge in [0.15, 0.2) is 0 Å².